The van der Waals surface area contributed by atoms with Gasteiger partial charge in [0.05, 0.1) is 0 Å². The minimum atomic E-state index is -0.619. The van der Waals surface area contributed by atoms with Crippen LogP contribution in [0.25, 0.3) is 0 Å². The summed E-state index contributed by atoms with van der Waals surface area (Å²) in [5.41, 5.74) is 0. The van der Waals surface area contributed by atoms with E-state index < -0.39 is 5.97 Å². The van der Waals surface area contributed by atoms with Crippen LogP contribution in [0.5, 0.6) is 0 Å². The van der Waals surface area contributed by atoms with Gasteiger partial charge in [-0.05, 0) is 57.9 Å². The van der Waals surface area contributed by atoms with Gasteiger partial charge >= 0.3 is 5.97 Å². The van der Waals surface area contributed by atoms with Crippen LogP contribution >= 0.6 is 0 Å². The second-order valence-corrected chi connectivity index (χ2v) is 6.01. The molecule has 2 aliphatic rings. The maximum atomic E-state index is 11.0. The van der Waals surface area contributed by atoms with Crippen LogP contribution in [0.1, 0.15) is 52.4 Å². The summed E-state index contributed by atoms with van der Waals surface area (Å²) >= 11 is 0. The molecule has 1 saturated carbocycles. The molecule has 98 valence electrons. The highest BCUT2D eigenvalue weighted by Gasteiger charge is 2.42. The van der Waals surface area contributed by atoms with Crippen molar-refractivity contribution in [2.24, 2.45) is 11.8 Å². The molecular formula is C14H25NO2. The number of rotatable bonds is 4. The van der Waals surface area contributed by atoms with Gasteiger partial charge in [0.1, 0.15) is 0 Å². The molecule has 1 aliphatic carbocycles. The molecule has 3 nitrogen and oxygen atoms in total. The number of carbonyl (C=O) groups is 1. The Kier molecular flexibility index (Phi) is 4.08. The molecular weight excluding hydrogens is 214 g/mol. The summed E-state index contributed by atoms with van der Waals surface area (Å²) in [4.78, 5) is 13.6. The average molecular weight is 239 g/mol. The molecule has 1 aliphatic heterocycles. The summed E-state index contributed by atoms with van der Waals surface area (Å²) in [7, 11) is 0. The van der Waals surface area contributed by atoms with Crippen LogP contribution in [0, 0.1) is 11.8 Å². The molecule has 0 unspecified atom stereocenters. The van der Waals surface area contributed by atoms with Gasteiger partial charge in [0.2, 0.25) is 0 Å². The number of hydrogen-bond donors (Lipinski definition) is 1. The van der Waals surface area contributed by atoms with Crippen LogP contribution < -0.4 is 0 Å². The third-order valence-corrected chi connectivity index (χ3v) is 4.31. The minimum absolute atomic E-state index is 0.365. The Labute approximate surface area is 104 Å². The summed E-state index contributed by atoms with van der Waals surface area (Å²) in [5, 5.41) is 9.08. The zero-order valence-corrected chi connectivity index (χ0v) is 11.1. The SMILES string of the molecule is CC(C)N1CCCC[C@H](CC(=O)O)[C@H]1C1CC1. The predicted octanol–water partition coefficient (Wildman–Crippen LogP) is 2.75. The van der Waals surface area contributed by atoms with E-state index in [0.29, 0.717) is 24.4 Å². The van der Waals surface area contributed by atoms with Crippen LogP contribution in [0.3, 0.4) is 0 Å². The molecule has 1 saturated heterocycles. The molecule has 0 radical (unpaired) electrons. The van der Waals surface area contributed by atoms with Gasteiger partial charge in [0, 0.05) is 18.5 Å². The first-order chi connectivity index (χ1) is 8.09. The van der Waals surface area contributed by atoms with E-state index in [1.807, 2.05) is 0 Å². The van der Waals surface area contributed by atoms with Crippen LogP contribution in [0.2, 0.25) is 0 Å². The first kappa shape index (κ1) is 12.9. The third kappa shape index (κ3) is 3.21. The molecule has 0 spiro atoms. The molecule has 0 aromatic carbocycles. The highest BCUT2D eigenvalue weighted by Crippen LogP contribution is 2.43. The largest absolute Gasteiger partial charge is 0.481 e. The van der Waals surface area contributed by atoms with Crippen molar-refractivity contribution in [3.63, 3.8) is 0 Å². The lowest BCUT2D eigenvalue weighted by atomic mass is 9.88. The topological polar surface area (TPSA) is 40.5 Å². The van der Waals surface area contributed by atoms with E-state index >= 15 is 0 Å². The fourth-order valence-electron chi connectivity index (χ4n) is 3.43. The van der Waals surface area contributed by atoms with Crippen molar-refractivity contribution in [3.8, 4) is 0 Å². The van der Waals surface area contributed by atoms with E-state index in [0.717, 1.165) is 18.9 Å². The molecule has 0 aromatic rings. The van der Waals surface area contributed by atoms with Crippen molar-refractivity contribution in [2.45, 2.75) is 64.5 Å². The second-order valence-electron chi connectivity index (χ2n) is 6.01. The smallest absolute Gasteiger partial charge is 0.303 e. The molecule has 0 aromatic heterocycles. The van der Waals surface area contributed by atoms with Gasteiger partial charge in [0.15, 0.2) is 0 Å². The van der Waals surface area contributed by atoms with Crippen molar-refractivity contribution >= 4 is 5.97 Å². The Bertz CT molecular complexity index is 273. The van der Waals surface area contributed by atoms with Gasteiger partial charge in [-0.25, -0.2) is 0 Å². The highest BCUT2D eigenvalue weighted by molar-refractivity contribution is 5.67. The number of aliphatic carboxylic acids is 1. The minimum Gasteiger partial charge on any atom is -0.481 e. The van der Waals surface area contributed by atoms with Crippen molar-refractivity contribution in [1.29, 1.82) is 0 Å². The Morgan fingerprint density at radius 3 is 2.53 bits per heavy atom. The number of hydrogen-bond acceptors (Lipinski definition) is 2. The summed E-state index contributed by atoms with van der Waals surface area (Å²) in [5.74, 6) is 0.538. The fourth-order valence-corrected chi connectivity index (χ4v) is 3.43. The van der Waals surface area contributed by atoms with Gasteiger partial charge in [-0.15, -0.1) is 0 Å². The van der Waals surface area contributed by atoms with Crippen LogP contribution in [-0.2, 0) is 4.79 Å². The number of nitrogens with zero attached hydrogens (tertiary/aromatic N) is 1. The first-order valence-electron chi connectivity index (χ1n) is 7.07. The summed E-state index contributed by atoms with van der Waals surface area (Å²) in [6.07, 6.45) is 6.52. The summed E-state index contributed by atoms with van der Waals surface area (Å²) < 4.78 is 0. The highest BCUT2D eigenvalue weighted by atomic mass is 16.4. The Balaban J connectivity index is 2.12. The lowest BCUT2D eigenvalue weighted by molar-refractivity contribution is -0.138. The molecule has 0 amide bonds. The van der Waals surface area contributed by atoms with E-state index in [4.69, 9.17) is 5.11 Å². The first-order valence-corrected chi connectivity index (χ1v) is 7.07. The Morgan fingerprint density at radius 2 is 2.00 bits per heavy atom. The lowest BCUT2D eigenvalue weighted by Gasteiger charge is -2.37. The molecule has 3 heteroatoms. The monoisotopic (exact) mass is 239 g/mol. The molecule has 2 fully saturated rings. The maximum Gasteiger partial charge on any atom is 0.303 e. The van der Waals surface area contributed by atoms with E-state index in [1.165, 1.54) is 25.7 Å². The molecule has 0 bridgehead atoms. The average Bonchev–Trinajstić information content (AvgIpc) is 3.01. The Morgan fingerprint density at radius 1 is 1.29 bits per heavy atom. The standard InChI is InChI=1S/C14H25NO2/c1-10(2)15-8-4-3-5-12(9-13(16)17)14(15)11-6-7-11/h10-12,14H,3-9H2,1-2H3,(H,16,17)/t12-,14-/m1/s1. The van der Waals surface area contributed by atoms with E-state index in [1.54, 1.807) is 0 Å². The normalized spacial score (nSPS) is 31.5. The molecule has 1 heterocycles. The summed E-state index contributed by atoms with van der Waals surface area (Å²) in [6.45, 7) is 5.66. The number of carboxylic acids is 1. The molecule has 2 atom stereocenters. The fraction of sp³-hybridized carbons (Fsp3) is 0.929. The van der Waals surface area contributed by atoms with Crippen LogP contribution in [0.15, 0.2) is 0 Å². The van der Waals surface area contributed by atoms with Gasteiger partial charge in [-0.1, -0.05) is 6.42 Å². The lowest BCUT2D eigenvalue weighted by Crippen LogP contribution is -2.45. The van der Waals surface area contributed by atoms with Crippen molar-refractivity contribution in [1.82, 2.24) is 4.90 Å². The predicted molar refractivity (Wildman–Crippen MR) is 67.9 cm³/mol. The maximum absolute atomic E-state index is 11.0. The molecule has 2 rings (SSSR count). The van der Waals surface area contributed by atoms with Crippen molar-refractivity contribution < 1.29 is 9.90 Å². The van der Waals surface area contributed by atoms with E-state index in [9.17, 15) is 4.79 Å². The zero-order chi connectivity index (χ0) is 12.4. The molecule has 17 heavy (non-hydrogen) atoms. The van der Waals surface area contributed by atoms with Gasteiger partial charge in [0.25, 0.3) is 0 Å². The van der Waals surface area contributed by atoms with E-state index in [2.05, 4.69) is 18.7 Å². The van der Waals surface area contributed by atoms with Crippen molar-refractivity contribution in [2.75, 3.05) is 6.54 Å². The molecule has 1 N–H and O–H groups in total. The third-order valence-electron chi connectivity index (χ3n) is 4.31. The summed E-state index contributed by atoms with van der Waals surface area (Å²) in [6, 6.07) is 1.09. The van der Waals surface area contributed by atoms with Crippen LogP contribution in [-0.4, -0.2) is 34.6 Å². The second kappa shape index (κ2) is 5.38. The van der Waals surface area contributed by atoms with Gasteiger partial charge < -0.3 is 5.11 Å². The Hall–Kier alpha value is -0.570. The van der Waals surface area contributed by atoms with Crippen LogP contribution in [0.4, 0.5) is 0 Å². The van der Waals surface area contributed by atoms with E-state index in [-0.39, 0.29) is 0 Å². The van der Waals surface area contributed by atoms with Crippen molar-refractivity contribution in [3.05, 3.63) is 0 Å². The number of likely N-dealkylation sites (tertiary alicyclic amines) is 1. The van der Waals surface area contributed by atoms with Gasteiger partial charge in [-0.3, -0.25) is 9.69 Å². The number of carboxylic acid groups (broad SMARTS) is 1. The quantitative estimate of drug-likeness (QED) is 0.820. The zero-order valence-electron chi connectivity index (χ0n) is 11.1. The van der Waals surface area contributed by atoms with Gasteiger partial charge in [-0.2, -0.15) is 0 Å².